The number of carbonyl (C=O) groups is 2. The number of aliphatic carboxylic acids is 1. The molecule has 0 aromatic heterocycles. The maximum absolute atomic E-state index is 13.5. The molecule has 0 spiro atoms. The van der Waals surface area contributed by atoms with Crippen LogP contribution in [-0.2, 0) is 4.79 Å². The number of halogens is 1. The number of benzene rings is 1. The molecule has 0 heterocycles. The van der Waals surface area contributed by atoms with Crippen molar-refractivity contribution >= 4 is 11.9 Å². The van der Waals surface area contributed by atoms with E-state index in [9.17, 15) is 14.0 Å². The number of amides is 1. The molecule has 0 radical (unpaired) electrons. The summed E-state index contributed by atoms with van der Waals surface area (Å²) in [6, 6.07) is 3.27. The minimum Gasteiger partial charge on any atom is -0.497 e. The Labute approximate surface area is 104 Å². The highest BCUT2D eigenvalue weighted by Crippen LogP contribution is 2.16. The first-order valence-electron chi connectivity index (χ1n) is 5.30. The molecule has 1 aromatic carbocycles. The molecule has 6 heteroatoms. The van der Waals surface area contributed by atoms with E-state index >= 15 is 0 Å². The van der Waals surface area contributed by atoms with Gasteiger partial charge in [-0.15, -0.1) is 0 Å². The predicted octanol–water partition coefficient (Wildman–Crippen LogP) is 1.43. The number of carboxylic acids is 1. The van der Waals surface area contributed by atoms with Gasteiger partial charge in [0.05, 0.1) is 19.1 Å². The van der Waals surface area contributed by atoms with Crippen LogP contribution in [0.15, 0.2) is 18.2 Å². The van der Waals surface area contributed by atoms with E-state index in [2.05, 4.69) is 5.32 Å². The molecule has 0 bridgehead atoms. The van der Waals surface area contributed by atoms with Crippen molar-refractivity contribution in [3.05, 3.63) is 29.6 Å². The van der Waals surface area contributed by atoms with Crippen LogP contribution in [0.25, 0.3) is 0 Å². The second-order valence-electron chi connectivity index (χ2n) is 3.82. The van der Waals surface area contributed by atoms with Gasteiger partial charge in [0.15, 0.2) is 0 Å². The highest BCUT2D eigenvalue weighted by atomic mass is 19.1. The van der Waals surface area contributed by atoms with E-state index < -0.39 is 23.7 Å². The fraction of sp³-hybridized carbons (Fsp3) is 0.333. The smallest absolute Gasteiger partial charge is 0.305 e. The number of carbonyl (C=O) groups excluding carboxylic acids is 1. The highest BCUT2D eigenvalue weighted by Gasteiger charge is 2.16. The van der Waals surface area contributed by atoms with E-state index in [-0.39, 0.29) is 12.0 Å². The van der Waals surface area contributed by atoms with Crippen LogP contribution in [0.4, 0.5) is 4.39 Å². The lowest BCUT2D eigenvalue weighted by Crippen LogP contribution is -2.34. The first-order chi connectivity index (χ1) is 8.43. The van der Waals surface area contributed by atoms with Crippen molar-refractivity contribution in [3.8, 4) is 5.75 Å². The Kier molecular flexibility index (Phi) is 4.65. The molecule has 1 unspecified atom stereocenters. The quantitative estimate of drug-likeness (QED) is 0.834. The Morgan fingerprint density at radius 1 is 1.50 bits per heavy atom. The first kappa shape index (κ1) is 14.0. The molecule has 0 aliphatic carbocycles. The molecule has 0 saturated heterocycles. The second-order valence-corrected chi connectivity index (χ2v) is 3.82. The van der Waals surface area contributed by atoms with Crippen LogP contribution >= 0.6 is 0 Å². The number of hydrogen-bond donors (Lipinski definition) is 2. The van der Waals surface area contributed by atoms with Crippen molar-refractivity contribution in [2.24, 2.45) is 0 Å². The number of methoxy groups -OCH3 is 1. The summed E-state index contributed by atoms with van der Waals surface area (Å²) in [5.41, 5.74) is -0.145. The molecule has 1 rings (SSSR count). The standard InChI is InChI=1S/C12H14FNO4/c1-7(5-11(15)16)14-12(17)9-4-3-8(18-2)6-10(9)13/h3-4,6-7H,5H2,1-2H3,(H,14,17)(H,15,16). The average Bonchev–Trinajstić information content (AvgIpc) is 2.27. The topological polar surface area (TPSA) is 75.6 Å². The van der Waals surface area contributed by atoms with E-state index in [1.54, 1.807) is 0 Å². The van der Waals surface area contributed by atoms with Gasteiger partial charge < -0.3 is 15.2 Å². The minimum absolute atomic E-state index is 0.145. The van der Waals surface area contributed by atoms with Crippen molar-refractivity contribution < 1.29 is 23.8 Å². The van der Waals surface area contributed by atoms with Crippen molar-refractivity contribution in [1.29, 1.82) is 0 Å². The van der Waals surface area contributed by atoms with Crippen molar-refractivity contribution in [2.75, 3.05) is 7.11 Å². The van der Waals surface area contributed by atoms with Crippen LogP contribution in [0.1, 0.15) is 23.7 Å². The van der Waals surface area contributed by atoms with Gasteiger partial charge in [-0.05, 0) is 19.1 Å². The number of ether oxygens (including phenoxy) is 1. The third-order valence-electron chi connectivity index (χ3n) is 2.28. The van der Waals surface area contributed by atoms with E-state index in [0.717, 1.165) is 6.07 Å². The van der Waals surface area contributed by atoms with Crippen LogP contribution in [-0.4, -0.2) is 30.1 Å². The molecule has 5 nitrogen and oxygen atoms in total. The minimum atomic E-state index is -1.03. The maximum Gasteiger partial charge on any atom is 0.305 e. The number of nitrogens with one attached hydrogen (secondary N) is 1. The molecular formula is C12H14FNO4. The Bertz CT molecular complexity index is 461. The van der Waals surface area contributed by atoms with Gasteiger partial charge in [-0.25, -0.2) is 4.39 Å². The van der Waals surface area contributed by atoms with Crippen LogP contribution in [0.2, 0.25) is 0 Å². The van der Waals surface area contributed by atoms with Gasteiger partial charge in [0.25, 0.3) is 5.91 Å². The van der Waals surface area contributed by atoms with Crippen LogP contribution in [0, 0.1) is 5.82 Å². The first-order valence-corrected chi connectivity index (χ1v) is 5.30. The molecule has 98 valence electrons. The van der Waals surface area contributed by atoms with Gasteiger partial charge in [0, 0.05) is 12.1 Å². The van der Waals surface area contributed by atoms with Gasteiger partial charge in [-0.3, -0.25) is 9.59 Å². The zero-order valence-electron chi connectivity index (χ0n) is 10.1. The Morgan fingerprint density at radius 2 is 2.17 bits per heavy atom. The summed E-state index contributed by atoms with van der Waals surface area (Å²) in [5.74, 6) is -2.08. The number of carboxylic acid groups (broad SMARTS) is 1. The summed E-state index contributed by atoms with van der Waals surface area (Å²) < 4.78 is 18.4. The lowest BCUT2D eigenvalue weighted by atomic mass is 10.1. The fourth-order valence-corrected chi connectivity index (χ4v) is 1.42. The molecule has 2 N–H and O–H groups in total. The molecule has 0 saturated carbocycles. The molecule has 18 heavy (non-hydrogen) atoms. The van der Waals surface area contributed by atoms with Gasteiger partial charge in [-0.1, -0.05) is 0 Å². The molecular weight excluding hydrogens is 241 g/mol. The maximum atomic E-state index is 13.5. The Hall–Kier alpha value is -2.11. The monoisotopic (exact) mass is 255 g/mol. The van der Waals surface area contributed by atoms with Gasteiger partial charge in [0.1, 0.15) is 11.6 Å². The van der Waals surface area contributed by atoms with Gasteiger partial charge in [-0.2, -0.15) is 0 Å². The van der Waals surface area contributed by atoms with Crippen molar-refractivity contribution in [1.82, 2.24) is 5.32 Å². The van der Waals surface area contributed by atoms with Crippen LogP contribution in [0.5, 0.6) is 5.75 Å². The van der Waals surface area contributed by atoms with Crippen LogP contribution in [0.3, 0.4) is 0 Å². The van der Waals surface area contributed by atoms with Crippen LogP contribution < -0.4 is 10.1 Å². The molecule has 0 aliphatic rings. The van der Waals surface area contributed by atoms with Crippen molar-refractivity contribution in [3.63, 3.8) is 0 Å². The van der Waals surface area contributed by atoms with E-state index in [1.165, 1.54) is 26.2 Å². The van der Waals surface area contributed by atoms with E-state index in [4.69, 9.17) is 9.84 Å². The fourth-order valence-electron chi connectivity index (χ4n) is 1.42. The summed E-state index contributed by atoms with van der Waals surface area (Å²) in [5, 5.41) is 11.0. The second kappa shape index (κ2) is 6.00. The largest absolute Gasteiger partial charge is 0.497 e. The van der Waals surface area contributed by atoms with Crippen molar-refractivity contribution in [2.45, 2.75) is 19.4 Å². The number of rotatable bonds is 5. The zero-order valence-corrected chi connectivity index (χ0v) is 10.1. The normalized spacial score (nSPS) is 11.7. The van der Waals surface area contributed by atoms with Gasteiger partial charge >= 0.3 is 5.97 Å². The predicted molar refractivity (Wildman–Crippen MR) is 62.1 cm³/mol. The zero-order chi connectivity index (χ0) is 13.7. The molecule has 1 aromatic rings. The summed E-state index contributed by atoms with van der Waals surface area (Å²) in [6.45, 7) is 1.54. The summed E-state index contributed by atoms with van der Waals surface area (Å²) >= 11 is 0. The molecule has 1 amide bonds. The molecule has 0 aliphatic heterocycles. The molecule has 0 fully saturated rings. The number of hydrogen-bond acceptors (Lipinski definition) is 3. The third-order valence-corrected chi connectivity index (χ3v) is 2.28. The third kappa shape index (κ3) is 3.73. The molecule has 1 atom stereocenters. The summed E-state index contributed by atoms with van der Waals surface area (Å²) in [4.78, 5) is 22.1. The highest BCUT2D eigenvalue weighted by molar-refractivity contribution is 5.95. The summed E-state index contributed by atoms with van der Waals surface area (Å²) in [6.07, 6.45) is -0.219. The SMILES string of the molecule is COc1ccc(C(=O)NC(C)CC(=O)O)c(F)c1. The average molecular weight is 255 g/mol. The lowest BCUT2D eigenvalue weighted by molar-refractivity contribution is -0.137. The lowest BCUT2D eigenvalue weighted by Gasteiger charge is -2.12. The van der Waals surface area contributed by atoms with Gasteiger partial charge in [0.2, 0.25) is 0 Å². The Morgan fingerprint density at radius 3 is 2.67 bits per heavy atom. The van der Waals surface area contributed by atoms with E-state index in [1.807, 2.05) is 0 Å². The summed E-state index contributed by atoms with van der Waals surface area (Å²) in [7, 11) is 1.39. The Balaban J connectivity index is 2.75. The van der Waals surface area contributed by atoms with E-state index in [0.29, 0.717) is 5.75 Å².